The summed E-state index contributed by atoms with van der Waals surface area (Å²) in [5.74, 6) is -1.95. The number of carbonyl (C=O) groups excluding carboxylic acids is 3. The van der Waals surface area contributed by atoms with E-state index in [1.807, 2.05) is 18.2 Å². The van der Waals surface area contributed by atoms with Gasteiger partial charge in [-0.2, -0.15) is 0 Å². The summed E-state index contributed by atoms with van der Waals surface area (Å²) in [6.45, 7) is 1.79. The number of cyclic esters (lactones) is 1. The Bertz CT molecular complexity index is 1240. The molecule has 2 aromatic rings. The van der Waals surface area contributed by atoms with Crippen LogP contribution in [0.1, 0.15) is 25.3 Å². The summed E-state index contributed by atoms with van der Waals surface area (Å²) in [6, 6.07) is 13.5. The number of nitrogens with zero attached hydrogens (tertiary/aromatic N) is 2. The highest BCUT2D eigenvalue weighted by Crippen LogP contribution is 2.49. The second-order valence-corrected chi connectivity index (χ2v) is 9.17. The monoisotopic (exact) mass is 544 g/mol. The van der Waals surface area contributed by atoms with Gasteiger partial charge in [-0.25, -0.2) is 20.3 Å². The number of hydrogen-bond acceptors (Lipinski definition) is 11. The summed E-state index contributed by atoms with van der Waals surface area (Å²) >= 11 is 0. The van der Waals surface area contributed by atoms with Crippen LogP contribution in [0, 0.1) is 16.0 Å². The first-order chi connectivity index (χ1) is 18.6. The number of benzene rings is 2. The van der Waals surface area contributed by atoms with Crippen molar-refractivity contribution in [3.05, 3.63) is 70.3 Å². The summed E-state index contributed by atoms with van der Waals surface area (Å²) < 4.78 is 15.7. The third-order valence-corrected chi connectivity index (χ3v) is 6.71. The highest BCUT2D eigenvalue weighted by Gasteiger charge is 2.78. The first-order valence-corrected chi connectivity index (χ1v) is 12.1. The molecule has 2 aliphatic rings. The highest BCUT2D eigenvalue weighted by atomic mass is 16.9. The first kappa shape index (κ1) is 27.8. The van der Waals surface area contributed by atoms with Gasteiger partial charge in [-0.1, -0.05) is 42.5 Å². The predicted octanol–water partition coefficient (Wildman–Crippen LogP) is 1.36. The third-order valence-electron chi connectivity index (χ3n) is 6.71. The number of amides is 2. The van der Waals surface area contributed by atoms with Crippen molar-refractivity contribution >= 4 is 23.7 Å². The lowest BCUT2D eigenvalue weighted by Crippen LogP contribution is -2.62. The van der Waals surface area contributed by atoms with E-state index in [-0.39, 0.29) is 44.2 Å². The zero-order valence-corrected chi connectivity index (χ0v) is 21.0. The topological polar surface area (TPSA) is 196 Å². The van der Waals surface area contributed by atoms with E-state index in [9.17, 15) is 29.6 Å². The van der Waals surface area contributed by atoms with Crippen LogP contribution in [-0.4, -0.2) is 63.6 Å². The Kier molecular flexibility index (Phi) is 7.99. The Morgan fingerprint density at radius 1 is 1.23 bits per heavy atom. The lowest BCUT2D eigenvalue weighted by Gasteiger charge is -2.42. The molecule has 2 aliphatic heterocycles. The zero-order chi connectivity index (χ0) is 28.2. The van der Waals surface area contributed by atoms with Gasteiger partial charge in [0, 0.05) is 25.1 Å². The molecule has 0 bridgehead atoms. The minimum atomic E-state index is -2.60. The van der Waals surface area contributed by atoms with Crippen LogP contribution in [0.3, 0.4) is 0 Å². The summed E-state index contributed by atoms with van der Waals surface area (Å²) in [4.78, 5) is 54.5. The molecular formula is C25H28N4O10. The number of alkyl carbamates (subject to hydrolysis) is 1. The zero-order valence-electron chi connectivity index (χ0n) is 21.0. The Hall–Kier alpha value is -4.27. The number of aliphatic hydroxyl groups is 1. The maximum Gasteiger partial charge on any atom is 0.408 e. The number of carbonyl (C=O) groups is 3. The van der Waals surface area contributed by atoms with Gasteiger partial charge in [-0.3, -0.25) is 14.9 Å². The third kappa shape index (κ3) is 5.62. The molecule has 2 fully saturated rings. The quantitative estimate of drug-likeness (QED) is 0.169. The minimum absolute atomic E-state index is 0.0451. The van der Waals surface area contributed by atoms with Crippen molar-refractivity contribution in [2.24, 2.45) is 11.8 Å². The fourth-order valence-corrected chi connectivity index (χ4v) is 4.57. The number of para-hydroxylation sites is 2. The average molecular weight is 545 g/mol. The van der Waals surface area contributed by atoms with Gasteiger partial charge in [0.2, 0.25) is 11.7 Å². The largest absolute Gasteiger partial charge is 0.446 e. The average Bonchev–Trinajstić information content (AvgIpc) is 3.57. The summed E-state index contributed by atoms with van der Waals surface area (Å²) in [6.07, 6.45) is -0.518. The maximum absolute atomic E-state index is 13.0. The molecule has 2 amide bonds. The van der Waals surface area contributed by atoms with Crippen LogP contribution >= 0.6 is 0 Å². The van der Waals surface area contributed by atoms with Gasteiger partial charge >= 0.3 is 29.3 Å². The van der Waals surface area contributed by atoms with Gasteiger partial charge in [-0.05, 0) is 31.4 Å². The fraction of sp³-hybridized carbons (Fsp3) is 0.400. The van der Waals surface area contributed by atoms with Crippen molar-refractivity contribution in [1.29, 1.82) is 0 Å². The number of epoxide rings is 1. The number of nitrogens with two attached hydrogens (primary N) is 1. The molecular weight excluding hydrogens is 516 g/mol. The number of likely N-dealkylation sites (tertiary alicyclic amines) is 1. The number of ether oxygens (including phenoxy) is 3. The van der Waals surface area contributed by atoms with Crippen molar-refractivity contribution < 1.29 is 43.5 Å². The molecule has 208 valence electrons. The van der Waals surface area contributed by atoms with Crippen LogP contribution in [0.15, 0.2) is 54.6 Å². The molecule has 2 heterocycles. The summed E-state index contributed by atoms with van der Waals surface area (Å²) in [5, 5.41) is 24.8. The molecule has 3 atom stereocenters. The molecule has 0 aliphatic carbocycles. The maximum atomic E-state index is 13.0. The van der Waals surface area contributed by atoms with E-state index in [0.29, 0.717) is 0 Å². The van der Waals surface area contributed by atoms with Crippen LogP contribution in [0.4, 0.5) is 10.5 Å². The Morgan fingerprint density at radius 2 is 1.85 bits per heavy atom. The molecule has 0 saturated carbocycles. The number of nitro benzene ring substituents is 1. The van der Waals surface area contributed by atoms with Crippen LogP contribution in [0.25, 0.3) is 0 Å². The number of rotatable bonds is 10. The van der Waals surface area contributed by atoms with Crippen LogP contribution < -0.4 is 16.0 Å². The molecule has 0 unspecified atom stereocenters. The highest BCUT2D eigenvalue weighted by molar-refractivity contribution is 5.92. The first-order valence-electron chi connectivity index (χ1n) is 12.1. The summed E-state index contributed by atoms with van der Waals surface area (Å²) in [5.41, 5.74) is 0.351. The van der Waals surface area contributed by atoms with Gasteiger partial charge in [-0.15, -0.1) is 0 Å². The second kappa shape index (κ2) is 11.2. The van der Waals surface area contributed by atoms with Crippen LogP contribution in [0.2, 0.25) is 0 Å². The van der Waals surface area contributed by atoms with Gasteiger partial charge < -0.3 is 29.5 Å². The SMILES string of the molecule is C[C@@H](NC(=O)OCc1ccccc1)C(=O)N1CCC([C@](ON)(Oc2ccccc2[N+](=O)[O-])[C@@]2(O)OC2=O)CC1. The standard InChI is InChI=1S/C25H28N4O10/c1-16(27-23(32)36-15-17-7-3-2-4-8-17)21(30)28-13-11-18(12-14-28)25(39-26,24(33)22(31)38-24)37-20-10-6-5-9-19(20)29(34)35/h2-10,16,18,33H,11-15,26H2,1H3,(H,27,32)/t16-,24+,25-/m1/s1. The number of nitro groups is 1. The molecule has 2 aromatic carbocycles. The molecule has 0 radical (unpaired) electrons. The smallest absolute Gasteiger partial charge is 0.408 e. The Morgan fingerprint density at radius 3 is 2.44 bits per heavy atom. The lowest BCUT2D eigenvalue weighted by molar-refractivity contribution is -0.389. The number of nitrogens with one attached hydrogen (secondary N) is 1. The van der Waals surface area contributed by atoms with E-state index in [1.54, 1.807) is 12.1 Å². The van der Waals surface area contributed by atoms with Crippen molar-refractivity contribution in [2.75, 3.05) is 13.1 Å². The van der Waals surface area contributed by atoms with Crippen molar-refractivity contribution in [3.8, 4) is 5.75 Å². The van der Waals surface area contributed by atoms with E-state index in [0.717, 1.165) is 5.56 Å². The molecule has 2 saturated heterocycles. The lowest BCUT2D eigenvalue weighted by atomic mass is 9.84. The predicted molar refractivity (Wildman–Crippen MR) is 131 cm³/mol. The Labute approximate surface area is 222 Å². The minimum Gasteiger partial charge on any atom is -0.446 e. The molecule has 14 heteroatoms. The molecule has 14 nitrogen and oxygen atoms in total. The molecule has 0 aromatic heterocycles. The van der Waals surface area contributed by atoms with E-state index >= 15 is 0 Å². The van der Waals surface area contributed by atoms with Gasteiger partial charge in [0.25, 0.3) is 0 Å². The molecule has 4 N–H and O–H groups in total. The van der Waals surface area contributed by atoms with Crippen molar-refractivity contribution in [1.82, 2.24) is 10.2 Å². The van der Waals surface area contributed by atoms with E-state index in [4.69, 9.17) is 24.9 Å². The van der Waals surface area contributed by atoms with Crippen molar-refractivity contribution in [3.63, 3.8) is 0 Å². The van der Waals surface area contributed by atoms with Gasteiger partial charge in [0.1, 0.15) is 12.6 Å². The summed E-state index contributed by atoms with van der Waals surface area (Å²) in [7, 11) is 0. The van der Waals surface area contributed by atoms with Crippen LogP contribution in [0.5, 0.6) is 5.75 Å². The van der Waals surface area contributed by atoms with E-state index in [1.165, 1.54) is 36.1 Å². The normalized spacial score (nSPS) is 21.2. The van der Waals surface area contributed by atoms with E-state index in [2.05, 4.69) is 5.32 Å². The second-order valence-electron chi connectivity index (χ2n) is 9.17. The molecule has 39 heavy (non-hydrogen) atoms. The molecule has 4 rings (SSSR count). The number of piperidine rings is 1. The Balaban J connectivity index is 1.40. The van der Waals surface area contributed by atoms with Gasteiger partial charge in [0.05, 0.1) is 4.92 Å². The van der Waals surface area contributed by atoms with Crippen molar-refractivity contribution in [2.45, 2.75) is 44.0 Å². The fourth-order valence-electron chi connectivity index (χ4n) is 4.57. The number of hydrogen-bond donors (Lipinski definition) is 3. The van der Waals surface area contributed by atoms with Crippen LogP contribution in [-0.2, 0) is 30.5 Å². The van der Waals surface area contributed by atoms with E-state index < -0.39 is 46.2 Å². The van der Waals surface area contributed by atoms with Gasteiger partial charge in [0.15, 0.2) is 0 Å². The molecule has 0 spiro atoms.